The van der Waals surface area contributed by atoms with Gasteiger partial charge in [0.05, 0.1) is 11.1 Å². The number of nitrogens with zero attached hydrogens (tertiary/aromatic N) is 1. The summed E-state index contributed by atoms with van der Waals surface area (Å²) in [6, 6.07) is 10.5. The Morgan fingerprint density at radius 3 is 2.40 bits per heavy atom. The molecular formula is C20H13NO4. The molecule has 5 nitrogen and oxygen atoms in total. The molecule has 2 aromatic carbocycles. The van der Waals surface area contributed by atoms with Crippen molar-refractivity contribution in [2.75, 3.05) is 0 Å². The number of aromatic nitrogens is 1. The van der Waals surface area contributed by atoms with Crippen LogP contribution in [0.25, 0.3) is 10.8 Å². The summed E-state index contributed by atoms with van der Waals surface area (Å²) in [6.45, 7) is 3.06. The molecule has 0 radical (unpaired) electrons. The first kappa shape index (κ1) is 15.2. The van der Waals surface area contributed by atoms with E-state index in [1.54, 1.807) is 31.2 Å². The third kappa shape index (κ3) is 2.09. The van der Waals surface area contributed by atoms with Crippen molar-refractivity contribution in [3.05, 3.63) is 70.5 Å². The van der Waals surface area contributed by atoms with Crippen molar-refractivity contribution in [3.8, 4) is 5.75 Å². The Kier molecular flexibility index (Phi) is 3.25. The summed E-state index contributed by atoms with van der Waals surface area (Å²) in [5, 5.41) is 1.39. The fourth-order valence-electron chi connectivity index (χ4n) is 3.35. The van der Waals surface area contributed by atoms with Gasteiger partial charge in [-0.25, -0.2) is 0 Å². The lowest BCUT2D eigenvalue weighted by Crippen LogP contribution is -2.25. The summed E-state index contributed by atoms with van der Waals surface area (Å²) in [7, 11) is 0. The molecule has 4 rings (SSSR count). The van der Waals surface area contributed by atoms with E-state index in [1.165, 1.54) is 13.1 Å². The number of aryl methyl sites for hydroxylation is 1. The largest absolute Gasteiger partial charge is 0.425 e. The predicted molar refractivity (Wildman–Crippen MR) is 91.1 cm³/mol. The Hall–Kier alpha value is -3.34. The van der Waals surface area contributed by atoms with Gasteiger partial charge in [0.2, 0.25) is 5.78 Å². The summed E-state index contributed by atoms with van der Waals surface area (Å²) < 4.78 is 5.37. The Morgan fingerprint density at radius 1 is 0.960 bits per heavy atom. The third-order valence-corrected chi connectivity index (χ3v) is 4.40. The van der Waals surface area contributed by atoms with Crippen molar-refractivity contribution in [1.82, 2.24) is 4.98 Å². The number of pyridine rings is 1. The molecule has 1 aromatic heterocycles. The Bertz CT molecular complexity index is 1100. The molecule has 0 N–H and O–H groups in total. The summed E-state index contributed by atoms with van der Waals surface area (Å²) in [5.41, 5.74) is 1.44. The van der Waals surface area contributed by atoms with Crippen LogP contribution in [0.15, 0.2) is 42.6 Å². The van der Waals surface area contributed by atoms with Crippen molar-refractivity contribution >= 4 is 28.3 Å². The van der Waals surface area contributed by atoms with E-state index >= 15 is 0 Å². The number of fused-ring (bicyclic) bond motifs is 3. The van der Waals surface area contributed by atoms with Gasteiger partial charge in [0.1, 0.15) is 5.69 Å². The van der Waals surface area contributed by atoms with Crippen molar-refractivity contribution in [2.45, 2.75) is 13.8 Å². The highest BCUT2D eigenvalue weighted by atomic mass is 16.5. The number of esters is 1. The van der Waals surface area contributed by atoms with Crippen LogP contribution in [-0.4, -0.2) is 22.5 Å². The SMILES string of the molecule is CC(=O)Oc1c2c(c(C)c3ccccc13)C(=O)c1cccnc1C2=O. The van der Waals surface area contributed by atoms with E-state index in [-0.39, 0.29) is 33.9 Å². The molecule has 0 aliphatic heterocycles. The van der Waals surface area contributed by atoms with E-state index < -0.39 is 11.8 Å². The van der Waals surface area contributed by atoms with Gasteiger partial charge in [0.15, 0.2) is 11.5 Å². The minimum atomic E-state index is -0.553. The standard InChI is InChI=1S/C20H13NO4/c1-10-12-6-3-4-7-13(12)20(25-11(2)22)16-15(10)18(23)14-8-5-9-21-17(14)19(16)24/h3-9H,1-2H3. The van der Waals surface area contributed by atoms with Gasteiger partial charge >= 0.3 is 5.97 Å². The van der Waals surface area contributed by atoms with Crippen LogP contribution in [-0.2, 0) is 4.79 Å². The average molecular weight is 331 g/mol. The topological polar surface area (TPSA) is 73.3 Å². The second kappa shape index (κ2) is 5.34. The molecule has 5 heteroatoms. The van der Waals surface area contributed by atoms with Gasteiger partial charge in [0.25, 0.3) is 0 Å². The molecule has 0 fully saturated rings. The van der Waals surface area contributed by atoms with Crippen molar-refractivity contribution in [3.63, 3.8) is 0 Å². The Balaban J connectivity index is 2.17. The fraction of sp³-hybridized carbons (Fsp3) is 0.100. The molecule has 0 spiro atoms. The lowest BCUT2D eigenvalue weighted by atomic mass is 9.81. The molecule has 0 atom stereocenters. The van der Waals surface area contributed by atoms with Gasteiger partial charge in [-0.3, -0.25) is 19.4 Å². The van der Waals surface area contributed by atoms with Crippen LogP contribution in [0.3, 0.4) is 0 Å². The number of hydrogen-bond donors (Lipinski definition) is 0. The zero-order chi connectivity index (χ0) is 17.7. The fourth-order valence-corrected chi connectivity index (χ4v) is 3.35. The molecule has 1 aliphatic carbocycles. The second-order valence-corrected chi connectivity index (χ2v) is 5.90. The number of carbonyl (C=O) groups excluding carboxylic acids is 3. The Labute approximate surface area is 143 Å². The predicted octanol–water partition coefficient (Wildman–Crippen LogP) is 3.24. The first-order valence-electron chi connectivity index (χ1n) is 7.79. The summed E-state index contributed by atoms with van der Waals surface area (Å²) in [6.07, 6.45) is 1.47. The highest BCUT2D eigenvalue weighted by Gasteiger charge is 2.36. The van der Waals surface area contributed by atoms with Gasteiger partial charge in [-0.1, -0.05) is 24.3 Å². The van der Waals surface area contributed by atoms with Crippen LogP contribution in [0.2, 0.25) is 0 Å². The molecule has 0 bridgehead atoms. The number of benzene rings is 2. The first-order valence-corrected chi connectivity index (χ1v) is 7.79. The van der Waals surface area contributed by atoms with Crippen LogP contribution in [0, 0.1) is 6.92 Å². The first-order chi connectivity index (χ1) is 12.0. The maximum absolute atomic E-state index is 13.0. The van der Waals surface area contributed by atoms with Crippen LogP contribution in [0.5, 0.6) is 5.75 Å². The highest BCUT2D eigenvalue weighted by molar-refractivity contribution is 6.31. The van der Waals surface area contributed by atoms with Crippen molar-refractivity contribution in [2.24, 2.45) is 0 Å². The van der Waals surface area contributed by atoms with Crippen LogP contribution < -0.4 is 4.74 Å². The Morgan fingerprint density at radius 2 is 1.68 bits per heavy atom. The van der Waals surface area contributed by atoms with E-state index in [0.717, 1.165) is 5.39 Å². The molecule has 1 heterocycles. The van der Waals surface area contributed by atoms with Crippen LogP contribution in [0.1, 0.15) is 44.5 Å². The highest BCUT2D eigenvalue weighted by Crippen LogP contribution is 2.41. The smallest absolute Gasteiger partial charge is 0.308 e. The molecule has 0 amide bonds. The van der Waals surface area contributed by atoms with Gasteiger partial charge in [-0.2, -0.15) is 0 Å². The van der Waals surface area contributed by atoms with Gasteiger partial charge < -0.3 is 4.74 Å². The van der Waals surface area contributed by atoms with E-state index in [1.807, 2.05) is 12.1 Å². The van der Waals surface area contributed by atoms with E-state index in [2.05, 4.69) is 4.98 Å². The summed E-state index contributed by atoms with van der Waals surface area (Å²) >= 11 is 0. The average Bonchev–Trinajstić information content (AvgIpc) is 2.61. The molecule has 122 valence electrons. The number of ether oxygens (including phenoxy) is 1. The minimum absolute atomic E-state index is 0.0862. The molecule has 0 unspecified atom stereocenters. The van der Waals surface area contributed by atoms with Gasteiger partial charge in [-0.15, -0.1) is 0 Å². The lowest BCUT2D eigenvalue weighted by Gasteiger charge is -2.22. The van der Waals surface area contributed by atoms with Gasteiger partial charge in [-0.05, 0) is 30.0 Å². The second-order valence-electron chi connectivity index (χ2n) is 5.90. The summed E-state index contributed by atoms with van der Waals surface area (Å²) in [4.78, 5) is 41.8. The van der Waals surface area contributed by atoms with Crippen LogP contribution in [0.4, 0.5) is 0 Å². The van der Waals surface area contributed by atoms with Crippen molar-refractivity contribution < 1.29 is 19.1 Å². The van der Waals surface area contributed by atoms with E-state index in [4.69, 9.17) is 4.74 Å². The molecule has 0 saturated heterocycles. The zero-order valence-corrected chi connectivity index (χ0v) is 13.6. The molecule has 25 heavy (non-hydrogen) atoms. The maximum Gasteiger partial charge on any atom is 0.308 e. The van der Waals surface area contributed by atoms with E-state index in [0.29, 0.717) is 10.9 Å². The van der Waals surface area contributed by atoms with Crippen LogP contribution >= 0.6 is 0 Å². The number of rotatable bonds is 1. The number of ketones is 2. The van der Waals surface area contributed by atoms with E-state index in [9.17, 15) is 14.4 Å². The minimum Gasteiger partial charge on any atom is -0.425 e. The number of hydrogen-bond acceptors (Lipinski definition) is 5. The third-order valence-electron chi connectivity index (χ3n) is 4.40. The molecule has 1 aliphatic rings. The number of carbonyl (C=O) groups is 3. The monoisotopic (exact) mass is 331 g/mol. The van der Waals surface area contributed by atoms with Crippen molar-refractivity contribution in [1.29, 1.82) is 0 Å². The zero-order valence-electron chi connectivity index (χ0n) is 13.6. The molecule has 0 saturated carbocycles. The molecular weight excluding hydrogens is 318 g/mol. The maximum atomic E-state index is 13.0. The molecule has 3 aromatic rings. The quantitative estimate of drug-likeness (QED) is 0.395. The van der Waals surface area contributed by atoms with Gasteiger partial charge in [0, 0.05) is 24.1 Å². The normalized spacial score (nSPS) is 12.7. The summed E-state index contributed by atoms with van der Waals surface area (Å²) in [5.74, 6) is -1.12. The lowest BCUT2D eigenvalue weighted by molar-refractivity contribution is -0.131.